The lowest BCUT2D eigenvalue weighted by atomic mass is 10.0. The first-order valence-corrected chi connectivity index (χ1v) is 9.98. The second kappa shape index (κ2) is 8.26. The molecule has 0 bridgehead atoms. The Kier molecular flexibility index (Phi) is 6.00. The molecule has 2 aromatic rings. The number of ether oxygens (including phenoxy) is 1. The van der Waals surface area contributed by atoms with E-state index in [9.17, 15) is 4.79 Å². The van der Waals surface area contributed by atoms with Crippen molar-refractivity contribution in [2.75, 3.05) is 13.1 Å². The maximum Gasteiger partial charge on any atom is 0.272 e. The highest BCUT2D eigenvalue weighted by Crippen LogP contribution is 2.29. The van der Waals surface area contributed by atoms with Crippen molar-refractivity contribution in [1.82, 2.24) is 14.7 Å². The van der Waals surface area contributed by atoms with Crippen LogP contribution in [-0.2, 0) is 11.3 Å². The van der Waals surface area contributed by atoms with Gasteiger partial charge in [0.25, 0.3) is 5.91 Å². The fourth-order valence-electron chi connectivity index (χ4n) is 3.47. The molecule has 1 amide bonds. The fraction of sp³-hybridized carbons (Fsp3) is 0.545. The van der Waals surface area contributed by atoms with Crippen LogP contribution in [0.3, 0.4) is 0 Å². The summed E-state index contributed by atoms with van der Waals surface area (Å²) in [6, 6.07) is 12.1. The molecular weight excluding hydrogens is 338 g/mol. The van der Waals surface area contributed by atoms with Crippen molar-refractivity contribution in [3.63, 3.8) is 0 Å². The molecule has 146 valence electrons. The Morgan fingerprint density at radius 3 is 2.48 bits per heavy atom. The summed E-state index contributed by atoms with van der Waals surface area (Å²) in [5.74, 6) is 0.690. The number of nitrogens with zero attached hydrogens (tertiary/aromatic N) is 3. The minimum atomic E-state index is -0.0983. The molecular formula is C22H31N3O2. The number of carbonyl (C=O) groups is 1. The number of amides is 1. The van der Waals surface area contributed by atoms with Crippen molar-refractivity contribution in [3.8, 4) is 0 Å². The first-order chi connectivity index (χ1) is 12.9. The molecule has 2 heterocycles. The van der Waals surface area contributed by atoms with Crippen LogP contribution in [0, 0.1) is 5.92 Å². The zero-order valence-corrected chi connectivity index (χ0v) is 17.1. The molecule has 1 fully saturated rings. The van der Waals surface area contributed by atoms with E-state index in [1.807, 2.05) is 40.8 Å². The van der Waals surface area contributed by atoms with Crippen LogP contribution < -0.4 is 0 Å². The zero-order chi connectivity index (χ0) is 19.6. The lowest BCUT2D eigenvalue weighted by Crippen LogP contribution is -2.49. The van der Waals surface area contributed by atoms with Gasteiger partial charge in [-0.05, 0) is 30.4 Å². The first-order valence-electron chi connectivity index (χ1n) is 9.98. The van der Waals surface area contributed by atoms with Crippen molar-refractivity contribution >= 4 is 5.91 Å². The molecule has 0 spiro atoms. The summed E-state index contributed by atoms with van der Waals surface area (Å²) in [6.07, 6.45) is -0.0747. The average molecular weight is 370 g/mol. The Hall–Kier alpha value is -2.14. The Labute approximate surface area is 162 Å². The number of hydrogen-bond donors (Lipinski definition) is 0. The lowest BCUT2D eigenvalue weighted by molar-refractivity contribution is -0.0956. The summed E-state index contributed by atoms with van der Waals surface area (Å²) in [4.78, 5) is 15.3. The first kappa shape index (κ1) is 19.6. The number of rotatable bonds is 5. The van der Waals surface area contributed by atoms with Crippen LogP contribution in [0.4, 0.5) is 0 Å². The summed E-state index contributed by atoms with van der Waals surface area (Å²) in [7, 11) is 0. The maximum absolute atomic E-state index is 13.4. The van der Waals surface area contributed by atoms with Crippen molar-refractivity contribution in [2.45, 2.75) is 59.3 Å². The van der Waals surface area contributed by atoms with Gasteiger partial charge < -0.3 is 9.64 Å². The maximum atomic E-state index is 13.4. The molecule has 1 aliphatic rings. The zero-order valence-electron chi connectivity index (χ0n) is 17.1. The number of hydrogen-bond acceptors (Lipinski definition) is 3. The van der Waals surface area contributed by atoms with Gasteiger partial charge in [0.2, 0.25) is 0 Å². The van der Waals surface area contributed by atoms with E-state index in [1.165, 1.54) is 0 Å². The second-order valence-electron chi connectivity index (χ2n) is 7.95. The molecule has 1 aromatic carbocycles. The van der Waals surface area contributed by atoms with Crippen LogP contribution in [0.5, 0.6) is 0 Å². The van der Waals surface area contributed by atoms with Gasteiger partial charge in [-0.2, -0.15) is 5.10 Å². The molecule has 0 radical (unpaired) electrons. The van der Waals surface area contributed by atoms with Gasteiger partial charge in [-0.15, -0.1) is 0 Å². The molecule has 1 aliphatic heterocycles. The van der Waals surface area contributed by atoms with Gasteiger partial charge >= 0.3 is 0 Å². The molecule has 5 heteroatoms. The standard InChI is InChI=1S/C22H31N3O2/c1-6-25-19(12-18(23-25)15(2)3)22(26)24-13-20(16(4)5)27-21(14-24)17-10-8-7-9-11-17/h7-12,15-16,20-21H,6,13-14H2,1-5H3/t20-,21+/m1/s1. The third-order valence-electron chi connectivity index (χ3n) is 5.24. The Morgan fingerprint density at radius 2 is 1.89 bits per heavy atom. The van der Waals surface area contributed by atoms with Crippen LogP contribution in [-0.4, -0.2) is 39.8 Å². The normalized spacial score (nSPS) is 20.5. The number of aryl methyl sites for hydroxylation is 1. The summed E-state index contributed by atoms with van der Waals surface area (Å²) in [5, 5.41) is 4.61. The van der Waals surface area contributed by atoms with E-state index in [-0.39, 0.29) is 18.1 Å². The van der Waals surface area contributed by atoms with Crippen molar-refractivity contribution in [2.24, 2.45) is 5.92 Å². The topological polar surface area (TPSA) is 47.4 Å². The molecule has 3 rings (SSSR count). The Balaban J connectivity index is 1.88. The largest absolute Gasteiger partial charge is 0.366 e. The molecule has 2 atom stereocenters. The monoisotopic (exact) mass is 369 g/mol. The van der Waals surface area contributed by atoms with Gasteiger partial charge in [-0.25, -0.2) is 0 Å². The summed E-state index contributed by atoms with van der Waals surface area (Å²) < 4.78 is 8.16. The molecule has 0 N–H and O–H groups in total. The van der Waals surface area contributed by atoms with E-state index in [0.717, 1.165) is 11.3 Å². The number of morpholine rings is 1. The van der Waals surface area contributed by atoms with Crippen molar-refractivity contribution < 1.29 is 9.53 Å². The molecule has 0 aliphatic carbocycles. The van der Waals surface area contributed by atoms with E-state index in [4.69, 9.17) is 4.74 Å². The van der Waals surface area contributed by atoms with E-state index >= 15 is 0 Å². The summed E-state index contributed by atoms with van der Waals surface area (Å²) >= 11 is 0. The van der Waals surface area contributed by atoms with Gasteiger partial charge in [0.15, 0.2) is 0 Å². The second-order valence-corrected chi connectivity index (χ2v) is 7.95. The van der Waals surface area contributed by atoms with E-state index in [1.54, 1.807) is 0 Å². The fourth-order valence-corrected chi connectivity index (χ4v) is 3.47. The SMILES string of the molecule is CCn1nc(C(C)C)cc1C(=O)N1C[C@@H](c2ccccc2)O[C@@H](C(C)C)C1. The Bertz CT molecular complexity index is 767. The summed E-state index contributed by atoms with van der Waals surface area (Å²) in [6.45, 7) is 12.4. The molecule has 1 saturated heterocycles. The van der Waals surface area contributed by atoms with Crippen molar-refractivity contribution in [3.05, 3.63) is 53.3 Å². The van der Waals surface area contributed by atoms with Crippen molar-refractivity contribution in [1.29, 1.82) is 0 Å². The van der Waals surface area contributed by atoms with Gasteiger partial charge in [0.05, 0.1) is 18.3 Å². The number of aromatic nitrogens is 2. The lowest BCUT2D eigenvalue weighted by Gasteiger charge is -2.40. The number of carbonyl (C=O) groups excluding carboxylic acids is 1. The smallest absolute Gasteiger partial charge is 0.272 e. The minimum Gasteiger partial charge on any atom is -0.366 e. The highest BCUT2D eigenvalue weighted by atomic mass is 16.5. The van der Waals surface area contributed by atoms with Crippen LogP contribution in [0.15, 0.2) is 36.4 Å². The molecule has 1 aromatic heterocycles. The predicted octanol–water partition coefficient (Wildman–Crippen LogP) is 4.26. The van der Waals surface area contributed by atoms with Gasteiger partial charge in [0, 0.05) is 13.1 Å². The molecule has 0 unspecified atom stereocenters. The minimum absolute atomic E-state index is 0.0236. The summed E-state index contributed by atoms with van der Waals surface area (Å²) in [5.41, 5.74) is 2.76. The van der Waals surface area contributed by atoms with Gasteiger partial charge in [-0.3, -0.25) is 9.48 Å². The van der Waals surface area contributed by atoms with Crippen LogP contribution in [0.25, 0.3) is 0 Å². The van der Waals surface area contributed by atoms with E-state index < -0.39 is 0 Å². The quantitative estimate of drug-likeness (QED) is 0.791. The molecule has 5 nitrogen and oxygen atoms in total. The van der Waals surface area contributed by atoms with Crippen LogP contribution in [0.2, 0.25) is 0 Å². The third-order valence-corrected chi connectivity index (χ3v) is 5.24. The third kappa shape index (κ3) is 4.24. The van der Waals surface area contributed by atoms with Gasteiger partial charge in [0.1, 0.15) is 11.8 Å². The van der Waals surface area contributed by atoms with Crippen LogP contribution in [0.1, 0.15) is 68.4 Å². The van der Waals surface area contributed by atoms with E-state index in [0.29, 0.717) is 37.2 Å². The predicted molar refractivity (Wildman–Crippen MR) is 107 cm³/mol. The highest BCUT2D eigenvalue weighted by molar-refractivity contribution is 5.93. The highest BCUT2D eigenvalue weighted by Gasteiger charge is 2.34. The van der Waals surface area contributed by atoms with E-state index in [2.05, 4.69) is 44.9 Å². The van der Waals surface area contributed by atoms with Gasteiger partial charge in [-0.1, -0.05) is 58.0 Å². The number of benzene rings is 1. The molecule has 0 saturated carbocycles. The average Bonchev–Trinajstić information content (AvgIpc) is 3.12. The van der Waals surface area contributed by atoms with Crippen LogP contribution >= 0.6 is 0 Å². The Morgan fingerprint density at radius 1 is 1.19 bits per heavy atom. The molecule has 27 heavy (non-hydrogen) atoms.